The number of hydrogen-bond acceptors (Lipinski definition) is 3. The number of benzene rings is 1. The third kappa shape index (κ3) is 3.41. The fourth-order valence-corrected chi connectivity index (χ4v) is 2.51. The molecular formula is C14H18Cl2N2O. The third-order valence-corrected chi connectivity index (χ3v) is 3.94. The lowest BCUT2D eigenvalue weighted by atomic mass is 10.0. The van der Waals surface area contributed by atoms with Crippen LogP contribution >= 0.6 is 23.2 Å². The smallest absolute Gasteiger partial charge is 0.139 e. The van der Waals surface area contributed by atoms with E-state index in [2.05, 4.69) is 10.3 Å². The molecule has 1 aliphatic rings. The Morgan fingerprint density at radius 2 is 2.21 bits per heavy atom. The van der Waals surface area contributed by atoms with Crippen LogP contribution in [0.1, 0.15) is 30.6 Å². The molecule has 0 saturated heterocycles. The molecule has 0 aliphatic carbocycles. The SMILES string of the molecule is CCOC(C1=NCCCN1)c1cc(C)c(Cl)c(Cl)c1. The van der Waals surface area contributed by atoms with Gasteiger partial charge in [-0.2, -0.15) is 0 Å². The predicted octanol–water partition coefficient (Wildman–Crippen LogP) is 3.77. The van der Waals surface area contributed by atoms with Crippen LogP contribution in [-0.4, -0.2) is 25.5 Å². The Morgan fingerprint density at radius 1 is 1.42 bits per heavy atom. The fourth-order valence-electron chi connectivity index (χ4n) is 2.13. The van der Waals surface area contributed by atoms with Gasteiger partial charge in [-0.25, -0.2) is 0 Å². The van der Waals surface area contributed by atoms with Gasteiger partial charge in [-0.3, -0.25) is 4.99 Å². The second-order valence-electron chi connectivity index (χ2n) is 4.52. The van der Waals surface area contributed by atoms with Crippen LogP contribution < -0.4 is 5.32 Å². The highest BCUT2D eigenvalue weighted by molar-refractivity contribution is 6.42. The molecule has 1 aromatic carbocycles. The van der Waals surface area contributed by atoms with Gasteiger partial charge in [0.2, 0.25) is 0 Å². The van der Waals surface area contributed by atoms with Crippen LogP contribution in [0.3, 0.4) is 0 Å². The number of hydrogen-bond donors (Lipinski definition) is 1. The van der Waals surface area contributed by atoms with Crippen molar-refractivity contribution >= 4 is 29.0 Å². The number of rotatable bonds is 4. The van der Waals surface area contributed by atoms with E-state index in [1.54, 1.807) is 0 Å². The minimum Gasteiger partial charge on any atom is -0.371 e. The lowest BCUT2D eigenvalue weighted by molar-refractivity contribution is 0.107. The van der Waals surface area contributed by atoms with E-state index >= 15 is 0 Å². The zero-order valence-corrected chi connectivity index (χ0v) is 12.7. The van der Waals surface area contributed by atoms with Gasteiger partial charge >= 0.3 is 0 Å². The van der Waals surface area contributed by atoms with E-state index < -0.39 is 0 Å². The molecule has 1 aromatic rings. The maximum absolute atomic E-state index is 6.15. The van der Waals surface area contributed by atoms with Crippen molar-refractivity contribution in [2.75, 3.05) is 19.7 Å². The Balaban J connectivity index is 2.35. The predicted molar refractivity (Wildman–Crippen MR) is 80.5 cm³/mol. The first-order chi connectivity index (χ1) is 9.13. The molecule has 5 heteroatoms. The summed E-state index contributed by atoms with van der Waals surface area (Å²) in [5.41, 5.74) is 1.94. The monoisotopic (exact) mass is 300 g/mol. The van der Waals surface area contributed by atoms with Crippen LogP contribution in [0, 0.1) is 6.92 Å². The molecule has 1 aliphatic heterocycles. The van der Waals surface area contributed by atoms with Crippen LogP contribution in [0.5, 0.6) is 0 Å². The molecule has 0 aromatic heterocycles. The molecule has 0 fully saturated rings. The van der Waals surface area contributed by atoms with Gasteiger partial charge in [0, 0.05) is 19.7 Å². The van der Waals surface area contributed by atoms with Gasteiger partial charge in [-0.05, 0) is 37.5 Å². The van der Waals surface area contributed by atoms with Crippen LogP contribution in [0.2, 0.25) is 10.0 Å². The molecule has 1 heterocycles. The molecule has 3 nitrogen and oxygen atoms in total. The molecular weight excluding hydrogens is 283 g/mol. The lowest BCUT2D eigenvalue weighted by Gasteiger charge is -2.24. The zero-order valence-electron chi connectivity index (χ0n) is 11.2. The molecule has 0 amide bonds. The Bertz CT molecular complexity index is 465. The Hall–Kier alpha value is -0.770. The highest BCUT2D eigenvalue weighted by atomic mass is 35.5. The fraction of sp³-hybridized carbons (Fsp3) is 0.500. The highest BCUT2D eigenvalue weighted by Gasteiger charge is 2.21. The minimum atomic E-state index is -0.196. The van der Waals surface area contributed by atoms with Crippen molar-refractivity contribution < 1.29 is 4.74 Å². The van der Waals surface area contributed by atoms with Gasteiger partial charge in [0.25, 0.3) is 0 Å². The summed E-state index contributed by atoms with van der Waals surface area (Å²) < 4.78 is 5.82. The summed E-state index contributed by atoms with van der Waals surface area (Å²) in [6, 6.07) is 3.86. The van der Waals surface area contributed by atoms with Crippen molar-refractivity contribution in [3.05, 3.63) is 33.3 Å². The first-order valence-corrected chi connectivity index (χ1v) is 7.24. The van der Waals surface area contributed by atoms with E-state index in [1.165, 1.54) is 0 Å². The third-order valence-electron chi connectivity index (χ3n) is 3.04. The zero-order chi connectivity index (χ0) is 13.8. The van der Waals surface area contributed by atoms with Crippen molar-refractivity contribution in [2.24, 2.45) is 4.99 Å². The number of nitrogens with one attached hydrogen (secondary N) is 1. The van der Waals surface area contributed by atoms with Crippen molar-refractivity contribution in [3.63, 3.8) is 0 Å². The minimum absolute atomic E-state index is 0.196. The quantitative estimate of drug-likeness (QED) is 0.918. The summed E-state index contributed by atoms with van der Waals surface area (Å²) in [5, 5.41) is 4.45. The molecule has 0 saturated carbocycles. The van der Waals surface area contributed by atoms with Crippen molar-refractivity contribution in [2.45, 2.75) is 26.4 Å². The van der Waals surface area contributed by atoms with Crippen LogP contribution in [0.4, 0.5) is 0 Å². The number of aryl methyl sites for hydroxylation is 1. The van der Waals surface area contributed by atoms with E-state index in [9.17, 15) is 0 Å². The summed E-state index contributed by atoms with van der Waals surface area (Å²) in [5.74, 6) is 0.880. The first kappa shape index (κ1) is 14.6. The van der Waals surface area contributed by atoms with Crippen molar-refractivity contribution in [1.82, 2.24) is 5.32 Å². The maximum Gasteiger partial charge on any atom is 0.139 e. The number of ether oxygens (including phenoxy) is 1. The average molecular weight is 301 g/mol. The van der Waals surface area contributed by atoms with Crippen LogP contribution in [0.25, 0.3) is 0 Å². The van der Waals surface area contributed by atoms with Gasteiger partial charge in [0.1, 0.15) is 11.9 Å². The van der Waals surface area contributed by atoms with E-state index in [1.807, 2.05) is 26.0 Å². The van der Waals surface area contributed by atoms with Gasteiger partial charge in [-0.1, -0.05) is 29.3 Å². The number of amidine groups is 1. The number of nitrogens with zero attached hydrogens (tertiary/aromatic N) is 1. The molecule has 1 unspecified atom stereocenters. The maximum atomic E-state index is 6.15. The number of aliphatic imine (C=N–C) groups is 1. The molecule has 104 valence electrons. The molecule has 0 bridgehead atoms. The van der Waals surface area contributed by atoms with Crippen molar-refractivity contribution in [3.8, 4) is 0 Å². The van der Waals surface area contributed by atoms with Crippen molar-refractivity contribution in [1.29, 1.82) is 0 Å². The molecule has 0 radical (unpaired) electrons. The second kappa shape index (κ2) is 6.60. The summed E-state index contributed by atoms with van der Waals surface area (Å²) in [6.07, 6.45) is 0.863. The van der Waals surface area contributed by atoms with Crippen LogP contribution in [0.15, 0.2) is 17.1 Å². The van der Waals surface area contributed by atoms with Gasteiger partial charge in [-0.15, -0.1) is 0 Å². The second-order valence-corrected chi connectivity index (χ2v) is 5.30. The van der Waals surface area contributed by atoms with E-state index in [4.69, 9.17) is 27.9 Å². The van der Waals surface area contributed by atoms with E-state index in [-0.39, 0.29) is 6.10 Å². The molecule has 2 rings (SSSR count). The lowest BCUT2D eigenvalue weighted by Crippen LogP contribution is -2.35. The Morgan fingerprint density at radius 3 is 2.79 bits per heavy atom. The topological polar surface area (TPSA) is 33.6 Å². The van der Waals surface area contributed by atoms with Gasteiger partial charge in [0.15, 0.2) is 0 Å². The average Bonchev–Trinajstić information content (AvgIpc) is 2.42. The Labute approximate surface area is 124 Å². The largest absolute Gasteiger partial charge is 0.371 e. The summed E-state index contributed by atoms with van der Waals surface area (Å²) in [7, 11) is 0. The number of halogens is 2. The summed E-state index contributed by atoms with van der Waals surface area (Å²) >= 11 is 12.3. The molecule has 0 spiro atoms. The molecule has 19 heavy (non-hydrogen) atoms. The Kier molecular flexibility index (Phi) is 5.08. The standard InChI is InChI=1S/C14H18Cl2N2O/c1-3-19-13(14-17-5-4-6-18-14)10-7-9(2)12(16)11(15)8-10/h7-8,13H,3-6H2,1-2H3,(H,17,18). The highest BCUT2D eigenvalue weighted by Crippen LogP contribution is 2.31. The van der Waals surface area contributed by atoms with E-state index in [0.717, 1.165) is 36.5 Å². The molecule has 1 atom stereocenters. The van der Waals surface area contributed by atoms with E-state index in [0.29, 0.717) is 16.7 Å². The summed E-state index contributed by atoms with van der Waals surface area (Å²) in [4.78, 5) is 4.51. The van der Waals surface area contributed by atoms with Gasteiger partial charge in [0.05, 0.1) is 10.0 Å². The normalized spacial score (nSPS) is 16.7. The van der Waals surface area contributed by atoms with Gasteiger partial charge < -0.3 is 10.1 Å². The summed E-state index contributed by atoms with van der Waals surface area (Å²) in [6.45, 7) is 6.30. The molecule has 1 N–H and O–H groups in total. The van der Waals surface area contributed by atoms with Crippen LogP contribution in [-0.2, 0) is 4.74 Å². The first-order valence-electron chi connectivity index (χ1n) is 6.48.